The van der Waals surface area contributed by atoms with Crippen molar-refractivity contribution < 1.29 is 14.0 Å². The molecule has 2 N–H and O–H groups in total. The Morgan fingerprint density at radius 1 is 1.08 bits per heavy atom. The lowest BCUT2D eigenvalue weighted by atomic mass is 10.0. The molecule has 0 spiro atoms. The molecule has 2 heterocycles. The highest BCUT2D eigenvalue weighted by Gasteiger charge is 2.27. The van der Waals surface area contributed by atoms with Gasteiger partial charge in [0.1, 0.15) is 11.5 Å². The predicted molar refractivity (Wildman–Crippen MR) is 98.7 cm³/mol. The zero-order valence-electron chi connectivity index (χ0n) is 15.3. The lowest BCUT2D eigenvalue weighted by Crippen LogP contribution is -2.51. The number of piperazine rings is 1. The van der Waals surface area contributed by atoms with E-state index in [1.54, 1.807) is 22.8 Å². The van der Waals surface area contributed by atoms with Crippen LogP contribution in [0.2, 0.25) is 0 Å². The summed E-state index contributed by atoms with van der Waals surface area (Å²) >= 11 is 0. The summed E-state index contributed by atoms with van der Waals surface area (Å²) in [5.74, 6) is 1.37. The van der Waals surface area contributed by atoms with Gasteiger partial charge in [0.25, 0.3) is 5.91 Å². The molecule has 6 nitrogen and oxygen atoms in total. The van der Waals surface area contributed by atoms with Crippen molar-refractivity contribution in [3.05, 3.63) is 59.0 Å². The van der Waals surface area contributed by atoms with E-state index in [-0.39, 0.29) is 24.3 Å². The Morgan fingerprint density at radius 2 is 1.69 bits per heavy atom. The highest BCUT2D eigenvalue weighted by molar-refractivity contribution is 5.95. The maximum Gasteiger partial charge on any atom is 0.257 e. The summed E-state index contributed by atoms with van der Waals surface area (Å²) in [6.07, 6.45) is 0.276. The van der Waals surface area contributed by atoms with E-state index in [1.165, 1.54) is 0 Å². The Kier molecular flexibility index (Phi) is 5.42. The Labute approximate surface area is 153 Å². The zero-order chi connectivity index (χ0) is 18.7. The summed E-state index contributed by atoms with van der Waals surface area (Å²) in [6, 6.07) is 11.1. The van der Waals surface area contributed by atoms with Gasteiger partial charge in [-0.3, -0.25) is 9.59 Å². The van der Waals surface area contributed by atoms with E-state index in [4.69, 9.17) is 10.2 Å². The SMILES string of the molecule is Cc1cc(C(=O)N2CCN(C(=O)CC(N)c3ccccc3)CC2)c(C)o1. The van der Waals surface area contributed by atoms with E-state index in [0.29, 0.717) is 37.5 Å². The molecule has 6 heteroatoms. The molecule has 2 aromatic rings. The first-order valence-corrected chi connectivity index (χ1v) is 8.90. The number of hydrogen-bond donors (Lipinski definition) is 1. The number of hydrogen-bond acceptors (Lipinski definition) is 4. The molecule has 1 saturated heterocycles. The number of amides is 2. The molecule has 138 valence electrons. The molecule has 1 aromatic heterocycles. The number of benzene rings is 1. The fourth-order valence-corrected chi connectivity index (χ4v) is 3.31. The van der Waals surface area contributed by atoms with Crippen molar-refractivity contribution in [2.45, 2.75) is 26.3 Å². The monoisotopic (exact) mass is 355 g/mol. The maximum absolute atomic E-state index is 12.6. The van der Waals surface area contributed by atoms with Crippen LogP contribution < -0.4 is 5.73 Å². The molecule has 1 atom stereocenters. The van der Waals surface area contributed by atoms with Gasteiger partial charge in [0.05, 0.1) is 5.56 Å². The van der Waals surface area contributed by atoms with Crippen LogP contribution in [0.15, 0.2) is 40.8 Å². The van der Waals surface area contributed by atoms with Crippen LogP contribution in [0.5, 0.6) is 0 Å². The Morgan fingerprint density at radius 3 is 2.27 bits per heavy atom. The first-order chi connectivity index (χ1) is 12.5. The molecule has 1 aliphatic heterocycles. The summed E-state index contributed by atoms with van der Waals surface area (Å²) in [6.45, 7) is 5.73. The standard InChI is InChI=1S/C20H25N3O3/c1-14-12-17(15(2)26-14)20(25)23-10-8-22(9-11-23)19(24)13-18(21)16-6-4-3-5-7-16/h3-7,12,18H,8-11,13,21H2,1-2H3. The Hall–Kier alpha value is -2.60. The summed E-state index contributed by atoms with van der Waals surface area (Å²) < 4.78 is 5.45. The molecule has 1 aliphatic rings. The molecule has 0 saturated carbocycles. The number of furan rings is 1. The van der Waals surface area contributed by atoms with E-state index in [1.807, 2.05) is 37.3 Å². The predicted octanol–water partition coefficient (Wildman–Crippen LogP) is 2.27. The topological polar surface area (TPSA) is 79.8 Å². The first-order valence-electron chi connectivity index (χ1n) is 8.90. The number of nitrogens with zero attached hydrogens (tertiary/aromatic N) is 2. The molecule has 1 fully saturated rings. The van der Waals surface area contributed by atoms with Crippen molar-refractivity contribution in [3.8, 4) is 0 Å². The van der Waals surface area contributed by atoms with Crippen molar-refractivity contribution >= 4 is 11.8 Å². The third-order valence-electron chi connectivity index (χ3n) is 4.81. The van der Waals surface area contributed by atoms with Crippen molar-refractivity contribution in [1.82, 2.24) is 9.80 Å². The van der Waals surface area contributed by atoms with Gasteiger partial charge in [-0.1, -0.05) is 30.3 Å². The first kappa shape index (κ1) is 18.2. The smallest absolute Gasteiger partial charge is 0.257 e. The van der Waals surface area contributed by atoms with Crippen molar-refractivity contribution in [1.29, 1.82) is 0 Å². The van der Waals surface area contributed by atoms with Crippen LogP contribution in [-0.2, 0) is 4.79 Å². The van der Waals surface area contributed by atoms with Crippen molar-refractivity contribution in [3.63, 3.8) is 0 Å². The lowest BCUT2D eigenvalue weighted by molar-refractivity contribution is -0.133. The van der Waals surface area contributed by atoms with Gasteiger partial charge in [-0.2, -0.15) is 0 Å². The highest BCUT2D eigenvalue weighted by atomic mass is 16.3. The lowest BCUT2D eigenvalue weighted by Gasteiger charge is -2.35. The van der Waals surface area contributed by atoms with Gasteiger partial charge in [0.15, 0.2) is 0 Å². The minimum atomic E-state index is -0.306. The van der Waals surface area contributed by atoms with Crippen molar-refractivity contribution in [2.75, 3.05) is 26.2 Å². The summed E-state index contributed by atoms with van der Waals surface area (Å²) in [5.41, 5.74) is 7.71. The summed E-state index contributed by atoms with van der Waals surface area (Å²) in [5, 5.41) is 0. The van der Waals surface area contributed by atoms with Crippen LogP contribution in [0, 0.1) is 13.8 Å². The molecule has 3 rings (SSSR count). The number of carbonyl (C=O) groups excluding carboxylic acids is 2. The third-order valence-corrected chi connectivity index (χ3v) is 4.81. The molecule has 0 aliphatic carbocycles. The number of aryl methyl sites for hydroxylation is 2. The largest absolute Gasteiger partial charge is 0.466 e. The number of nitrogens with two attached hydrogens (primary N) is 1. The van der Waals surface area contributed by atoms with E-state index in [9.17, 15) is 9.59 Å². The Balaban J connectivity index is 1.54. The van der Waals surface area contributed by atoms with Crippen LogP contribution in [0.3, 0.4) is 0 Å². The highest BCUT2D eigenvalue weighted by Crippen LogP contribution is 2.19. The van der Waals surface area contributed by atoms with Gasteiger partial charge in [0, 0.05) is 38.6 Å². The van der Waals surface area contributed by atoms with Gasteiger partial charge in [-0.15, -0.1) is 0 Å². The second-order valence-corrected chi connectivity index (χ2v) is 6.72. The minimum absolute atomic E-state index is 0.0313. The zero-order valence-corrected chi connectivity index (χ0v) is 15.3. The molecule has 1 aromatic carbocycles. The molecule has 2 amide bonds. The van der Waals surface area contributed by atoms with Crippen LogP contribution in [0.4, 0.5) is 0 Å². The van der Waals surface area contributed by atoms with Gasteiger partial charge in [0.2, 0.25) is 5.91 Å². The number of carbonyl (C=O) groups is 2. The molecule has 1 unspecified atom stereocenters. The average molecular weight is 355 g/mol. The average Bonchev–Trinajstić information content (AvgIpc) is 3.00. The van der Waals surface area contributed by atoms with E-state index >= 15 is 0 Å². The van der Waals surface area contributed by atoms with E-state index < -0.39 is 0 Å². The van der Waals surface area contributed by atoms with Crippen LogP contribution in [0.1, 0.15) is 39.9 Å². The summed E-state index contributed by atoms with van der Waals surface area (Å²) in [4.78, 5) is 28.7. The van der Waals surface area contributed by atoms with E-state index in [0.717, 1.165) is 11.3 Å². The van der Waals surface area contributed by atoms with Gasteiger partial charge in [-0.05, 0) is 25.5 Å². The molecular weight excluding hydrogens is 330 g/mol. The Bertz CT molecular complexity index is 777. The van der Waals surface area contributed by atoms with Crippen LogP contribution in [0.25, 0.3) is 0 Å². The summed E-state index contributed by atoms with van der Waals surface area (Å²) in [7, 11) is 0. The molecule has 0 radical (unpaired) electrons. The minimum Gasteiger partial charge on any atom is -0.466 e. The number of rotatable bonds is 4. The molecular formula is C20H25N3O3. The molecule has 26 heavy (non-hydrogen) atoms. The quantitative estimate of drug-likeness (QED) is 0.912. The fourth-order valence-electron chi connectivity index (χ4n) is 3.31. The van der Waals surface area contributed by atoms with Gasteiger partial charge >= 0.3 is 0 Å². The molecule has 0 bridgehead atoms. The second-order valence-electron chi connectivity index (χ2n) is 6.72. The van der Waals surface area contributed by atoms with E-state index in [2.05, 4.69) is 0 Å². The normalized spacial score (nSPS) is 15.8. The fraction of sp³-hybridized carbons (Fsp3) is 0.400. The maximum atomic E-state index is 12.6. The third kappa shape index (κ3) is 3.96. The van der Waals surface area contributed by atoms with Crippen LogP contribution >= 0.6 is 0 Å². The van der Waals surface area contributed by atoms with Gasteiger partial charge < -0.3 is 20.0 Å². The van der Waals surface area contributed by atoms with Crippen molar-refractivity contribution in [2.24, 2.45) is 5.73 Å². The van der Waals surface area contributed by atoms with Gasteiger partial charge in [-0.25, -0.2) is 0 Å². The second kappa shape index (κ2) is 7.74. The van der Waals surface area contributed by atoms with Crippen LogP contribution in [-0.4, -0.2) is 47.8 Å².